The SMILES string of the molecule is Cc1ccc(NC(=O)[C@H](C)N(C)Cc2nc3ccccc3c(=O)[nH]2)cc1F. The van der Waals surface area contributed by atoms with Crippen molar-refractivity contribution in [2.75, 3.05) is 12.4 Å². The van der Waals surface area contributed by atoms with Crippen LogP contribution in [0.25, 0.3) is 10.9 Å². The maximum Gasteiger partial charge on any atom is 0.258 e. The number of likely N-dealkylation sites (N-methyl/N-ethyl adjacent to an activating group) is 1. The molecule has 7 heteroatoms. The number of carbonyl (C=O) groups is 1. The molecular weight excluding hydrogens is 347 g/mol. The van der Waals surface area contributed by atoms with Crippen molar-refractivity contribution in [1.82, 2.24) is 14.9 Å². The Balaban J connectivity index is 1.71. The third-order valence-corrected chi connectivity index (χ3v) is 4.54. The Morgan fingerprint density at radius 3 is 2.78 bits per heavy atom. The zero-order valence-electron chi connectivity index (χ0n) is 15.4. The third kappa shape index (κ3) is 4.20. The van der Waals surface area contributed by atoms with Gasteiger partial charge in [-0.3, -0.25) is 14.5 Å². The molecular formula is C20H21FN4O2. The fraction of sp³-hybridized carbons (Fsp3) is 0.250. The molecule has 6 nitrogen and oxygen atoms in total. The van der Waals surface area contributed by atoms with E-state index in [-0.39, 0.29) is 23.8 Å². The van der Waals surface area contributed by atoms with E-state index in [9.17, 15) is 14.0 Å². The molecule has 0 fully saturated rings. The summed E-state index contributed by atoms with van der Waals surface area (Å²) in [6.07, 6.45) is 0. The van der Waals surface area contributed by atoms with Crippen molar-refractivity contribution in [3.05, 3.63) is 70.0 Å². The van der Waals surface area contributed by atoms with Crippen LogP contribution in [0.4, 0.5) is 10.1 Å². The molecule has 0 aliphatic carbocycles. The number of aromatic nitrogens is 2. The highest BCUT2D eigenvalue weighted by molar-refractivity contribution is 5.94. The summed E-state index contributed by atoms with van der Waals surface area (Å²) in [7, 11) is 1.76. The maximum absolute atomic E-state index is 13.6. The summed E-state index contributed by atoms with van der Waals surface area (Å²) in [5.74, 6) is -0.169. The second kappa shape index (κ2) is 7.67. The molecule has 0 radical (unpaired) electrons. The van der Waals surface area contributed by atoms with E-state index in [1.807, 2.05) is 6.07 Å². The first-order chi connectivity index (χ1) is 12.8. The van der Waals surface area contributed by atoms with Crippen LogP contribution in [0.2, 0.25) is 0 Å². The minimum atomic E-state index is -0.508. The van der Waals surface area contributed by atoms with Crippen molar-refractivity contribution in [2.45, 2.75) is 26.4 Å². The van der Waals surface area contributed by atoms with E-state index in [0.29, 0.717) is 28.0 Å². The number of nitrogens with one attached hydrogen (secondary N) is 2. The Bertz CT molecular complexity index is 1050. The first-order valence-corrected chi connectivity index (χ1v) is 8.60. The maximum atomic E-state index is 13.6. The molecule has 0 unspecified atom stereocenters. The molecule has 0 bridgehead atoms. The number of rotatable bonds is 5. The van der Waals surface area contributed by atoms with Crippen molar-refractivity contribution >= 4 is 22.5 Å². The summed E-state index contributed by atoms with van der Waals surface area (Å²) < 4.78 is 13.6. The van der Waals surface area contributed by atoms with Crippen molar-refractivity contribution in [3.8, 4) is 0 Å². The van der Waals surface area contributed by atoms with Crippen molar-refractivity contribution < 1.29 is 9.18 Å². The smallest absolute Gasteiger partial charge is 0.258 e. The molecule has 0 saturated heterocycles. The predicted octanol–water partition coefficient (Wildman–Crippen LogP) is 2.83. The van der Waals surface area contributed by atoms with Gasteiger partial charge in [0.25, 0.3) is 5.56 Å². The van der Waals surface area contributed by atoms with Crippen LogP contribution in [-0.4, -0.2) is 33.9 Å². The van der Waals surface area contributed by atoms with Gasteiger partial charge >= 0.3 is 0 Å². The number of anilines is 1. The van der Waals surface area contributed by atoms with E-state index in [0.717, 1.165) is 0 Å². The zero-order valence-corrected chi connectivity index (χ0v) is 15.4. The van der Waals surface area contributed by atoms with Gasteiger partial charge < -0.3 is 10.3 Å². The quantitative estimate of drug-likeness (QED) is 0.726. The number of aromatic amines is 1. The minimum absolute atomic E-state index is 0.212. The molecule has 0 saturated carbocycles. The van der Waals surface area contributed by atoms with Gasteiger partial charge in [0.1, 0.15) is 11.6 Å². The van der Waals surface area contributed by atoms with E-state index >= 15 is 0 Å². The van der Waals surface area contributed by atoms with E-state index in [1.165, 1.54) is 6.07 Å². The normalized spacial score (nSPS) is 12.3. The largest absolute Gasteiger partial charge is 0.325 e. The zero-order chi connectivity index (χ0) is 19.6. The number of halogens is 1. The molecule has 3 rings (SSSR count). The Kier molecular flexibility index (Phi) is 5.32. The highest BCUT2D eigenvalue weighted by atomic mass is 19.1. The third-order valence-electron chi connectivity index (χ3n) is 4.54. The van der Waals surface area contributed by atoms with E-state index in [4.69, 9.17) is 0 Å². The second-order valence-electron chi connectivity index (χ2n) is 6.57. The fourth-order valence-electron chi connectivity index (χ4n) is 2.70. The number of para-hydroxylation sites is 1. The van der Waals surface area contributed by atoms with Crippen molar-refractivity contribution in [1.29, 1.82) is 0 Å². The van der Waals surface area contributed by atoms with E-state index in [1.54, 1.807) is 56.1 Å². The molecule has 0 spiro atoms. The molecule has 1 atom stereocenters. The van der Waals surface area contributed by atoms with E-state index < -0.39 is 6.04 Å². The Labute approximate surface area is 156 Å². The first kappa shape index (κ1) is 18.7. The van der Waals surface area contributed by atoms with Gasteiger partial charge in [-0.25, -0.2) is 9.37 Å². The lowest BCUT2D eigenvalue weighted by molar-refractivity contribution is -0.120. The molecule has 140 valence electrons. The molecule has 0 aliphatic heterocycles. The van der Waals surface area contributed by atoms with Gasteiger partial charge in [-0.05, 0) is 50.7 Å². The summed E-state index contributed by atoms with van der Waals surface area (Å²) in [4.78, 5) is 33.6. The van der Waals surface area contributed by atoms with Crippen molar-refractivity contribution in [2.24, 2.45) is 0 Å². The average molecular weight is 368 g/mol. The minimum Gasteiger partial charge on any atom is -0.325 e. The van der Waals surface area contributed by atoms with Gasteiger partial charge in [-0.2, -0.15) is 0 Å². The molecule has 0 aliphatic rings. The Hall–Kier alpha value is -3.06. The number of hydrogen-bond donors (Lipinski definition) is 2. The monoisotopic (exact) mass is 368 g/mol. The van der Waals surface area contributed by atoms with Gasteiger partial charge in [0.15, 0.2) is 0 Å². The lowest BCUT2D eigenvalue weighted by atomic mass is 10.2. The number of aryl methyl sites for hydroxylation is 1. The molecule has 1 aromatic heterocycles. The Morgan fingerprint density at radius 1 is 1.30 bits per heavy atom. The molecule has 3 aromatic rings. The van der Waals surface area contributed by atoms with Crippen LogP contribution in [0.5, 0.6) is 0 Å². The molecule has 1 amide bonds. The van der Waals surface area contributed by atoms with Crippen LogP contribution >= 0.6 is 0 Å². The van der Waals surface area contributed by atoms with Crippen LogP contribution in [0, 0.1) is 12.7 Å². The molecule has 2 aromatic carbocycles. The number of hydrogen-bond acceptors (Lipinski definition) is 4. The number of H-pyrrole nitrogens is 1. The fourth-order valence-corrected chi connectivity index (χ4v) is 2.70. The highest BCUT2D eigenvalue weighted by Gasteiger charge is 2.19. The van der Waals surface area contributed by atoms with Crippen molar-refractivity contribution in [3.63, 3.8) is 0 Å². The van der Waals surface area contributed by atoms with E-state index in [2.05, 4.69) is 15.3 Å². The number of nitrogens with zero attached hydrogens (tertiary/aromatic N) is 2. The van der Waals surface area contributed by atoms with Crippen LogP contribution in [0.1, 0.15) is 18.3 Å². The lowest BCUT2D eigenvalue weighted by Gasteiger charge is -2.23. The second-order valence-corrected chi connectivity index (χ2v) is 6.57. The average Bonchev–Trinajstić information content (AvgIpc) is 2.64. The van der Waals surface area contributed by atoms with Crippen LogP contribution in [-0.2, 0) is 11.3 Å². The topological polar surface area (TPSA) is 78.1 Å². The highest BCUT2D eigenvalue weighted by Crippen LogP contribution is 2.15. The molecule has 27 heavy (non-hydrogen) atoms. The first-order valence-electron chi connectivity index (χ1n) is 8.60. The van der Waals surface area contributed by atoms with Gasteiger partial charge in [-0.15, -0.1) is 0 Å². The standard InChI is InChI=1S/C20H21FN4O2/c1-12-8-9-14(10-16(12)21)22-19(26)13(2)25(3)11-18-23-17-7-5-4-6-15(17)20(27)24-18/h4-10,13H,11H2,1-3H3,(H,22,26)(H,23,24,27)/t13-/m0/s1. The number of fused-ring (bicyclic) bond motifs is 1. The summed E-state index contributed by atoms with van der Waals surface area (Å²) >= 11 is 0. The predicted molar refractivity (Wildman–Crippen MR) is 103 cm³/mol. The van der Waals surface area contributed by atoms with Crippen LogP contribution < -0.4 is 10.9 Å². The molecule has 2 N–H and O–H groups in total. The lowest BCUT2D eigenvalue weighted by Crippen LogP contribution is -2.39. The number of carbonyl (C=O) groups excluding carboxylic acids is 1. The summed E-state index contributed by atoms with van der Waals surface area (Å²) in [5, 5.41) is 3.23. The van der Waals surface area contributed by atoms with Gasteiger partial charge in [0.05, 0.1) is 23.5 Å². The summed E-state index contributed by atoms with van der Waals surface area (Å²) in [6, 6.07) is 11.1. The summed E-state index contributed by atoms with van der Waals surface area (Å²) in [5.41, 5.74) is 1.32. The number of benzene rings is 2. The number of amides is 1. The molecule has 1 heterocycles. The Morgan fingerprint density at radius 2 is 2.04 bits per heavy atom. The summed E-state index contributed by atoms with van der Waals surface area (Å²) in [6.45, 7) is 3.69. The van der Waals surface area contributed by atoms with Gasteiger partial charge in [0.2, 0.25) is 5.91 Å². The van der Waals surface area contributed by atoms with Crippen LogP contribution in [0.3, 0.4) is 0 Å². The van der Waals surface area contributed by atoms with Gasteiger partial charge in [-0.1, -0.05) is 18.2 Å². The van der Waals surface area contributed by atoms with Gasteiger partial charge in [0, 0.05) is 5.69 Å². The van der Waals surface area contributed by atoms with Crippen LogP contribution in [0.15, 0.2) is 47.3 Å².